The smallest absolute Gasteiger partial charge is 0.265 e. The fourth-order valence-corrected chi connectivity index (χ4v) is 3.98. The van der Waals surface area contributed by atoms with E-state index in [2.05, 4.69) is 15.9 Å². The lowest BCUT2D eigenvalue weighted by molar-refractivity contribution is -0.132. The highest BCUT2D eigenvalue weighted by Gasteiger charge is 2.59. The third-order valence-corrected chi connectivity index (χ3v) is 6.51. The van der Waals surface area contributed by atoms with Gasteiger partial charge in [0.1, 0.15) is 0 Å². The van der Waals surface area contributed by atoms with Crippen molar-refractivity contribution in [2.75, 3.05) is 0 Å². The molecule has 0 radical (unpaired) electrons. The van der Waals surface area contributed by atoms with Crippen LogP contribution in [0.4, 0.5) is 0 Å². The average molecular weight is 376 g/mol. The fraction of sp³-hybridized carbons (Fsp3) is 0.333. The first kappa shape index (κ1) is 15.9. The van der Waals surface area contributed by atoms with Gasteiger partial charge in [-0.1, -0.05) is 22.0 Å². The van der Waals surface area contributed by atoms with Gasteiger partial charge in [0.2, 0.25) is 0 Å². The van der Waals surface area contributed by atoms with Crippen LogP contribution in [0.5, 0.6) is 0 Å². The van der Waals surface area contributed by atoms with Crippen LogP contribution < -0.4 is 11.3 Å². The van der Waals surface area contributed by atoms with Gasteiger partial charge in [0.15, 0.2) is 4.75 Å². The summed E-state index contributed by atoms with van der Waals surface area (Å²) in [7, 11) is -3.63. The third-order valence-electron chi connectivity index (χ3n) is 3.44. The Morgan fingerprint density at radius 2 is 2.05 bits per heavy atom. The number of hydrogen-bond acceptors (Lipinski definition) is 5. The van der Waals surface area contributed by atoms with Gasteiger partial charge in [0.05, 0.1) is 6.54 Å². The zero-order valence-corrected chi connectivity index (χ0v) is 13.8. The summed E-state index contributed by atoms with van der Waals surface area (Å²) >= 11 is 3.26. The Bertz CT molecular complexity index is 730. The number of nitrogens with zero attached hydrogens (tertiary/aromatic N) is 1. The molecular weight excluding hydrogens is 362 g/mol. The number of sulfonamides is 1. The largest absolute Gasteiger partial charge is 0.290 e. The number of halogens is 1. The molecular formula is C12H14BrN3O4S. The summed E-state index contributed by atoms with van der Waals surface area (Å²) in [5.41, 5.74) is 2.91. The fourth-order valence-electron chi connectivity index (χ4n) is 1.97. The maximum Gasteiger partial charge on any atom is 0.265 e. The molecule has 1 fully saturated rings. The molecule has 0 bridgehead atoms. The van der Waals surface area contributed by atoms with Crippen LogP contribution in [0.3, 0.4) is 0 Å². The number of hydrogen-bond donors (Lipinski definition) is 2. The first-order chi connectivity index (χ1) is 9.62. The van der Waals surface area contributed by atoms with Crippen molar-refractivity contribution in [3.63, 3.8) is 0 Å². The molecule has 0 spiro atoms. The molecule has 0 saturated carbocycles. The van der Waals surface area contributed by atoms with Crippen LogP contribution in [0.2, 0.25) is 0 Å². The molecule has 114 valence electrons. The van der Waals surface area contributed by atoms with Gasteiger partial charge < -0.3 is 0 Å². The Hall–Kier alpha value is -1.45. The van der Waals surface area contributed by atoms with E-state index in [1.165, 1.54) is 26.0 Å². The summed E-state index contributed by atoms with van der Waals surface area (Å²) in [6, 6.07) is 4.59. The second-order valence-electron chi connectivity index (χ2n) is 5.11. The summed E-state index contributed by atoms with van der Waals surface area (Å²) in [4.78, 5) is 23.3. The van der Waals surface area contributed by atoms with E-state index in [4.69, 9.17) is 5.84 Å². The van der Waals surface area contributed by atoms with Crippen LogP contribution in [0.15, 0.2) is 22.7 Å². The van der Waals surface area contributed by atoms with E-state index in [0.717, 1.165) is 4.31 Å². The molecule has 0 unspecified atom stereocenters. The number of nitrogen functional groups attached to an aromatic ring is 1. The number of hydrazine groups is 1. The highest BCUT2D eigenvalue weighted by Crippen LogP contribution is 2.37. The van der Waals surface area contributed by atoms with Gasteiger partial charge in [-0.15, -0.1) is 0 Å². The first-order valence-electron chi connectivity index (χ1n) is 5.99. The van der Waals surface area contributed by atoms with Gasteiger partial charge in [0.25, 0.3) is 21.8 Å². The average Bonchev–Trinajstić information content (AvgIpc) is 2.43. The van der Waals surface area contributed by atoms with Gasteiger partial charge in [-0.05, 0) is 31.5 Å². The summed E-state index contributed by atoms with van der Waals surface area (Å²) in [5.74, 6) is 4.13. The number of nitrogens with one attached hydrogen (secondary N) is 1. The van der Waals surface area contributed by atoms with Crippen LogP contribution in [0, 0.1) is 0 Å². The Kier molecular flexibility index (Phi) is 3.85. The van der Waals surface area contributed by atoms with Crippen molar-refractivity contribution < 1.29 is 18.0 Å². The summed E-state index contributed by atoms with van der Waals surface area (Å²) in [5, 5.41) is 0. The van der Waals surface area contributed by atoms with E-state index in [9.17, 15) is 18.0 Å². The second kappa shape index (κ2) is 5.08. The van der Waals surface area contributed by atoms with Gasteiger partial charge in [-0.3, -0.25) is 15.0 Å². The maximum absolute atomic E-state index is 12.0. The summed E-state index contributed by atoms with van der Waals surface area (Å²) in [6.07, 6.45) is 0. The Morgan fingerprint density at radius 3 is 2.52 bits per heavy atom. The monoisotopic (exact) mass is 375 g/mol. The van der Waals surface area contributed by atoms with E-state index in [1.54, 1.807) is 6.07 Å². The van der Waals surface area contributed by atoms with Crippen molar-refractivity contribution >= 4 is 37.8 Å². The highest BCUT2D eigenvalue weighted by atomic mass is 79.9. The molecule has 1 heterocycles. The van der Waals surface area contributed by atoms with Crippen molar-refractivity contribution in [3.05, 3.63) is 33.8 Å². The Morgan fingerprint density at radius 1 is 1.43 bits per heavy atom. The number of nitrogens with two attached hydrogens (primary N) is 1. The Balaban J connectivity index is 2.27. The maximum atomic E-state index is 12.0. The molecule has 0 atom stereocenters. The van der Waals surface area contributed by atoms with Crippen LogP contribution >= 0.6 is 15.9 Å². The normalized spacial score (nSPS) is 19.0. The molecule has 9 heteroatoms. The molecule has 1 aromatic rings. The molecule has 3 N–H and O–H groups in total. The molecule has 0 aliphatic carbocycles. The topological polar surface area (TPSA) is 110 Å². The van der Waals surface area contributed by atoms with Crippen molar-refractivity contribution in [1.82, 2.24) is 9.73 Å². The number of carbonyl (C=O) groups excluding carboxylic acids is 2. The predicted molar refractivity (Wildman–Crippen MR) is 79.3 cm³/mol. The van der Waals surface area contributed by atoms with Crippen molar-refractivity contribution in [1.29, 1.82) is 0 Å². The van der Waals surface area contributed by atoms with E-state index in [-0.39, 0.29) is 6.54 Å². The lowest BCUT2D eigenvalue weighted by Gasteiger charge is -2.43. The molecule has 1 aromatic carbocycles. The van der Waals surface area contributed by atoms with E-state index in [1.807, 2.05) is 5.43 Å². The molecule has 1 saturated heterocycles. The second-order valence-corrected chi connectivity index (χ2v) is 8.37. The molecule has 1 aliphatic heterocycles. The molecule has 21 heavy (non-hydrogen) atoms. The van der Waals surface area contributed by atoms with Gasteiger partial charge in [-0.2, -0.15) is 0 Å². The number of amides is 2. The lowest BCUT2D eigenvalue weighted by Crippen LogP contribution is -2.66. The van der Waals surface area contributed by atoms with Gasteiger partial charge in [-0.25, -0.2) is 18.6 Å². The first-order valence-corrected chi connectivity index (χ1v) is 8.22. The van der Waals surface area contributed by atoms with E-state index < -0.39 is 26.6 Å². The molecule has 0 aromatic heterocycles. The minimum absolute atomic E-state index is 0.0737. The number of benzene rings is 1. The van der Waals surface area contributed by atoms with Crippen LogP contribution in [0.1, 0.15) is 29.8 Å². The number of rotatable bonds is 3. The summed E-state index contributed by atoms with van der Waals surface area (Å²) in [6.45, 7) is 2.69. The highest BCUT2D eigenvalue weighted by molar-refractivity contribution is 9.10. The van der Waals surface area contributed by atoms with E-state index >= 15 is 0 Å². The van der Waals surface area contributed by atoms with Crippen LogP contribution in [-0.2, 0) is 21.4 Å². The van der Waals surface area contributed by atoms with Crippen molar-refractivity contribution in [2.45, 2.75) is 25.1 Å². The minimum atomic E-state index is -3.63. The molecule has 2 rings (SSSR count). The minimum Gasteiger partial charge on any atom is -0.290 e. The molecule has 1 aliphatic rings. The lowest BCUT2D eigenvalue weighted by atomic mass is 10.1. The molecule has 7 nitrogen and oxygen atoms in total. The van der Waals surface area contributed by atoms with Crippen molar-refractivity contribution in [2.24, 2.45) is 5.84 Å². The van der Waals surface area contributed by atoms with E-state index in [0.29, 0.717) is 15.6 Å². The van der Waals surface area contributed by atoms with Crippen LogP contribution in [-0.4, -0.2) is 29.3 Å². The van der Waals surface area contributed by atoms with Gasteiger partial charge >= 0.3 is 0 Å². The summed E-state index contributed by atoms with van der Waals surface area (Å²) < 4.78 is 24.0. The molecule has 2 amide bonds. The quantitative estimate of drug-likeness (QED) is 0.454. The van der Waals surface area contributed by atoms with Crippen LogP contribution in [0.25, 0.3) is 0 Å². The third kappa shape index (κ3) is 2.34. The number of carbonyl (C=O) groups is 2. The zero-order chi connectivity index (χ0) is 16.0. The van der Waals surface area contributed by atoms with Gasteiger partial charge in [0, 0.05) is 10.0 Å². The zero-order valence-electron chi connectivity index (χ0n) is 11.4. The SMILES string of the molecule is CC1(C)C(=O)N(Cc2ccc(C(=O)NN)cc2Br)S1(=O)=O. The standard InChI is InChI=1S/C12H14BrN3O4S/c1-12(2)11(18)16(21(12,19)20)6-8-4-3-7(5-9(8)13)10(17)15-14/h3-5H,6,14H2,1-2H3,(H,15,17). The Labute approximate surface area is 130 Å². The van der Waals surface area contributed by atoms with Crippen molar-refractivity contribution in [3.8, 4) is 0 Å². The predicted octanol–water partition coefficient (Wildman–Crippen LogP) is 0.503.